The van der Waals surface area contributed by atoms with Crippen LogP contribution in [0.3, 0.4) is 0 Å². The summed E-state index contributed by atoms with van der Waals surface area (Å²) in [6.45, 7) is 0. The zero-order valence-electron chi connectivity index (χ0n) is 8.98. The average Bonchev–Trinajstić information content (AvgIpc) is 2.66. The topological polar surface area (TPSA) is 55.2 Å². The minimum absolute atomic E-state index is 0.215. The van der Waals surface area contributed by atoms with Gasteiger partial charge in [-0.25, -0.2) is 0 Å². The molecule has 1 saturated carbocycles. The molecular weight excluding hydrogens is 204 g/mol. The summed E-state index contributed by atoms with van der Waals surface area (Å²) in [6, 6.07) is 5.69. The van der Waals surface area contributed by atoms with Crippen LogP contribution in [0.25, 0.3) is 0 Å². The summed E-state index contributed by atoms with van der Waals surface area (Å²) in [6.07, 6.45) is 4.86. The van der Waals surface area contributed by atoms with E-state index >= 15 is 0 Å². The number of hydrogen-bond acceptors (Lipinski definition) is 3. The quantitative estimate of drug-likeness (QED) is 0.582. The van der Waals surface area contributed by atoms with Crippen molar-refractivity contribution in [3.05, 3.63) is 33.9 Å². The largest absolute Gasteiger partial charge is 0.381 e. The molecule has 84 valence electrons. The van der Waals surface area contributed by atoms with Gasteiger partial charge in [-0.1, -0.05) is 12.8 Å². The zero-order chi connectivity index (χ0) is 11.1. The number of rotatable bonds is 1. The molecule has 0 saturated heterocycles. The predicted octanol–water partition coefficient (Wildman–Crippen LogP) is 3.05. The van der Waals surface area contributed by atoms with Gasteiger partial charge < -0.3 is 5.32 Å². The van der Waals surface area contributed by atoms with Crippen LogP contribution < -0.4 is 5.32 Å². The Bertz CT molecular complexity index is 445. The van der Waals surface area contributed by atoms with Gasteiger partial charge in [-0.3, -0.25) is 10.1 Å². The molecule has 0 spiro atoms. The van der Waals surface area contributed by atoms with Crippen LogP contribution in [0, 0.1) is 10.1 Å². The normalized spacial score (nSPS) is 26.8. The lowest BCUT2D eigenvalue weighted by molar-refractivity contribution is -0.384. The van der Waals surface area contributed by atoms with E-state index in [0.29, 0.717) is 12.0 Å². The van der Waals surface area contributed by atoms with Crippen LogP contribution in [0.1, 0.15) is 37.2 Å². The van der Waals surface area contributed by atoms with E-state index < -0.39 is 0 Å². The van der Waals surface area contributed by atoms with E-state index in [1.54, 1.807) is 12.1 Å². The van der Waals surface area contributed by atoms with E-state index in [1.807, 2.05) is 6.07 Å². The fourth-order valence-corrected chi connectivity index (χ4v) is 2.98. The van der Waals surface area contributed by atoms with Gasteiger partial charge >= 0.3 is 0 Å². The molecule has 1 aliphatic carbocycles. The summed E-state index contributed by atoms with van der Waals surface area (Å²) in [5, 5.41) is 14.2. The summed E-state index contributed by atoms with van der Waals surface area (Å²) < 4.78 is 0. The highest BCUT2D eigenvalue weighted by Gasteiger charge is 2.34. The van der Waals surface area contributed by atoms with E-state index in [2.05, 4.69) is 5.32 Å². The first-order chi connectivity index (χ1) is 7.75. The minimum Gasteiger partial charge on any atom is -0.381 e. The molecular formula is C12H14N2O2. The molecule has 1 N–H and O–H groups in total. The lowest BCUT2D eigenvalue weighted by atomic mass is 9.83. The average molecular weight is 218 g/mol. The molecule has 0 aromatic heterocycles. The smallest absolute Gasteiger partial charge is 0.269 e. The second kappa shape index (κ2) is 3.47. The highest BCUT2D eigenvalue weighted by molar-refractivity contribution is 5.63. The van der Waals surface area contributed by atoms with Gasteiger partial charge in [0.15, 0.2) is 0 Å². The molecule has 1 heterocycles. The standard InChI is InChI=1S/C12H14N2O2/c15-14(16)8-5-6-12-10(7-8)9-3-1-2-4-11(9)13-12/h5-7,9,11,13H,1-4H2. The molecule has 0 bridgehead atoms. The van der Waals surface area contributed by atoms with E-state index in [-0.39, 0.29) is 10.6 Å². The molecule has 1 aliphatic heterocycles. The molecule has 0 radical (unpaired) electrons. The third-order valence-corrected chi connectivity index (χ3v) is 3.75. The Morgan fingerprint density at radius 3 is 2.94 bits per heavy atom. The Hall–Kier alpha value is -1.58. The fraction of sp³-hybridized carbons (Fsp3) is 0.500. The summed E-state index contributed by atoms with van der Waals surface area (Å²) in [5.74, 6) is 0.489. The van der Waals surface area contributed by atoms with Crippen molar-refractivity contribution in [3.63, 3.8) is 0 Å². The number of hydrogen-bond donors (Lipinski definition) is 1. The maximum atomic E-state index is 10.7. The molecule has 1 fully saturated rings. The SMILES string of the molecule is O=[N+]([O-])c1ccc2c(c1)C1CCCCC1N2. The Morgan fingerprint density at radius 2 is 2.12 bits per heavy atom. The molecule has 2 unspecified atom stereocenters. The van der Waals surface area contributed by atoms with Crippen molar-refractivity contribution in [3.8, 4) is 0 Å². The first kappa shape index (κ1) is 9.63. The molecule has 16 heavy (non-hydrogen) atoms. The van der Waals surface area contributed by atoms with Gasteiger partial charge in [0, 0.05) is 29.8 Å². The summed E-state index contributed by atoms with van der Waals surface area (Å²) in [7, 11) is 0. The minimum atomic E-state index is -0.309. The third kappa shape index (κ3) is 1.37. The second-order valence-corrected chi connectivity index (χ2v) is 4.67. The third-order valence-electron chi connectivity index (χ3n) is 3.75. The van der Waals surface area contributed by atoms with E-state index in [4.69, 9.17) is 0 Å². The van der Waals surface area contributed by atoms with Gasteiger partial charge in [0.25, 0.3) is 5.69 Å². The van der Waals surface area contributed by atoms with Crippen LogP contribution in [-0.2, 0) is 0 Å². The van der Waals surface area contributed by atoms with E-state index in [0.717, 1.165) is 17.7 Å². The van der Waals surface area contributed by atoms with Crippen LogP contribution in [0.15, 0.2) is 18.2 Å². The van der Waals surface area contributed by atoms with Gasteiger partial charge in [-0.15, -0.1) is 0 Å². The predicted molar refractivity (Wildman–Crippen MR) is 61.7 cm³/mol. The van der Waals surface area contributed by atoms with Crippen LogP contribution in [-0.4, -0.2) is 11.0 Å². The second-order valence-electron chi connectivity index (χ2n) is 4.67. The van der Waals surface area contributed by atoms with Crippen LogP contribution in [0.5, 0.6) is 0 Å². The van der Waals surface area contributed by atoms with Crippen molar-refractivity contribution in [2.45, 2.75) is 37.6 Å². The van der Waals surface area contributed by atoms with Crippen molar-refractivity contribution in [1.82, 2.24) is 0 Å². The van der Waals surface area contributed by atoms with Gasteiger partial charge in [-0.05, 0) is 24.5 Å². The Labute approximate surface area is 93.8 Å². The van der Waals surface area contributed by atoms with E-state index in [1.165, 1.54) is 19.3 Å². The summed E-state index contributed by atoms with van der Waals surface area (Å²) in [5.41, 5.74) is 2.47. The molecule has 4 nitrogen and oxygen atoms in total. The van der Waals surface area contributed by atoms with Crippen LogP contribution in [0.4, 0.5) is 11.4 Å². The maximum absolute atomic E-state index is 10.7. The molecule has 1 aromatic carbocycles. The number of nitro benzene ring substituents is 1. The van der Waals surface area contributed by atoms with E-state index in [9.17, 15) is 10.1 Å². The highest BCUT2D eigenvalue weighted by Crippen LogP contribution is 2.44. The lowest BCUT2D eigenvalue weighted by Crippen LogP contribution is -2.23. The molecule has 1 aromatic rings. The summed E-state index contributed by atoms with van der Waals surface area (Å²) in [4.78, 5) is 10.4. The van der Waals surface area contributed by atoms with Crippen molar-refractivity contribution >= 4 is 11.4 Å². The zero-order valence-corrected chi connectivity index (χ0v) is 8.98. The molecule has 4 heteroatoms. The Morgan fingerprint density at radius 1 is 1.31 bits per heavy atom. The van der Waals surface area contributed by atoms with Gasteiger partial charge in [0.1, 0.15) is 0 Å². The van der Waals surface area contributed by atoms with Crippen molar-refractivity contribution in [2.75, 3.05) is 5.32 Å². The maximum Gasteiger partial charge on any atom is 0.269 e. The number of benzene rings is 1. The first-order valence-corrected chi connectivity index (χ1v) is 5.80. The van der Waals surface area contributed by atoms with Crippen LogP contribution in [0.2, 0.25) is 0 Å². The van der Waals surface area contributed by atoms with Crippen molar-refractivity contribution in [2.24, 2.45) is 0 Å². The first-order valence-electron chi connectivity index (χ1n) is 5.80. The van der Waals surface area contributed by atoms with Gasteiger partial charge in [0.05, 0.1) is 4.92 Å². The van der Waals surface area contributed by atoms with Crippen LogP contribution >= 0.6 is 0 Å². The number of nitrogens with one attached hydrogen (secondary N) is 1. The Kier molecular flexibility index (Phi) is 2.09. The number of fused-ring (bicyclic) bond motifs is 3. The Balaban J connectivity index is 2.00. The summed E-state index contributed by atoms with van der Waals surface area (Å²) >= 11 is 0. The van der Waals surface area contributed by atoms with Crippen molar-refractivity contribution in [1.29, 1.82) is 0 Å². The number of nitro groups is 1. The van der Waals surface area contributed by atoms with Gasteiger partial charge in [-0.2, -0.15) is 0 Å². The highest BCUT2D eigenvalue weighted by atomic mass is 16.6. The number of nitrogens with zero attached hydrogens (tertiary/aromatic N) is 1. The monoisotopic (exact) mass is 218 g/mol. The molecule has 3 rings (SSSR count). The molecule has 2 aliphatic rings. The lowest BCUT2D eigenvalue weighted by Gasteiger charge is -2.25. The number of anilines is 1. The molecule has 0 amide bonds. The number of non-ortho nitro benzene ring substituents is 1. The molecule has 2 atom stereocenters. The van der Waals surface area contributed by atoms with Gasteiger partial charge in [0.2, 0.25) is 0 Å². The fourth-order valence-electron chi connectivity index (χ4n) is 2.98. The van der Waals surface area contributed by atoms with Crippen molar-refractivity contribution < 1.29 is 4.92 Å².